The van der Waals surface area contributed by atoms with Crippen LogP contribution in [0, 0.1) is 11.8 Å². The largest absolute Gasteiger partial charge is 0.436 e. The summed E-state index contributed by atoms with van der Waals surface area (Å²) in [5.41, 5.74) is 4.41. The SMILES string of the molecule is Nc1c(Nc2ccc(F)c(C(F)(F)F)c2)oc2cnc(F)cc12. The van der Waals surface area contributed by atoms with Gasteiger partial charge in [0, 0.05) is 11.8 Å². The van der Waals surface area contributed by atoms with Crippen LogP contribution in [0.5, 0.6) is 0 Å². The number of pyridine rings is 1. The van der Waals surface area contributed by atoms with E-state index < -0.39 is 23.5 Å². The number of rotatable bonds is 2. The molecule has 0 saturated heterocycles. The molecule has 3 N–H and O–H groups in total. The van der Waals surface area contributed by atoms with Gasteiger partial charge in [-0.2, -0.15) is 17.6 Å². The predicted molar refractivity (Wildman–Crippen MR) is 73.1 cm³/mol. The number of hydrogen-bond donors (Lipinski definition) is 2. The van der Waals surface area contributed by atoms with Gasteiger partial charge in [0.1, 0.15) is 11.5 Å². The first-order valence-electron chi connectivity index (χ1n) is 6.23. The first-order chi connectivity index (χ1) is 10.8. The Bertz CT molecular complexity index is 888. The number of halogens is 5. The molecule has 0 aliphatic rings. The number of hydrogen-bond acceptors (Lipinski definition) is 4. The molecule has 0 spiro atoms. The average molecular weight is 329 g/mol. The molecule has 3 aromatic rings. The van der Waals surface area contributed by atoms with Crippen LogP contribution in [0.3, 0.4) is 0 Å². The number of furan rings is 1. The molecule has 0 radical (unpaired) electrons. The van der Waals surface area contributed by atoms with Crippen LogP contribution in [0.25, 0.3) is 11.0 Å². The van der Waals surface area contributed by atoms with Crippen LogP contribution in [-0.2, 0) is 6.18 Å². The molecule has 0 aliphatic carbocycles. The second kappa shape index (κ2) is 5.11. The van der Waals surface area contributed by atoms with E-state index in [1.807, 2.05) is 0 Å². The van der Waals surface area contributed by atoms with E-state index in [-0.39, 0.29) is 28.2 Å². The second-order valence-electron chi connectivity index (χ2n) is 4.67. The quantitative estimate of drug-likeness (QED) is 0.538. The molecule has 120 valence electrons. The fourth-order valence-electron chi connectivity index (χ4n) is 2.04. The summed E-state index contributed by atoms with van der Waals surface area (Å²) in [6.45, 7) is 0. The highest BCUT2D eigenvalue weighted by Crippen LogP contribution is 2.37. The molecule has 0 unspecified atom stereocenters. The van der Waals surface area contributed by atoms with Gasteiger partial charge in [0.15, 0.2) is 5.58 Å². The highest BCUT2D eigenvalue weighted by atomic mass is 19.4. The Morgan fingerprint density at radius 3 is 2.57 bits per heavy atom. The van der Waals surface area contributed by atoms with Crippen LogP contribution in [0.1, 0.15) is 5.56 Å². The summed E-state index contributed by atoms with van der Waals surface area (Å²) < 4.78 is 69.7. The van der Waals surface area contributed by atoms with E-state index >= 15 is 0 Å². The predicted octanol–water partition coefficient (Wildman–Crippen LogP) is 4.45. The van der Waals surface area contributed by atoms with Crippen molar-refractivity contribution in [2.45, 2.75) is 6.18 Å². The smallest absolute Gasteiger partial charge is 0.419 e. The van der Waals surface area contributed by atoms with E-state index in [9.17, 15) is 22.0 Å². The van der Waals surface area contributed by atoms with Crippen molar-refractivity contribution in [2.24, 2.45) is 0 Å². The summed E-state index contributed by atoms with van der Waals surface area (Å²) in [7, 11) is 0. The first-order valence-corrected chi connectivity index (χ1v) is 6.23. The third-order valence-corrected chi connectivity index (χ3v) is 3.11. The minimum absolute atomic E-state index is 0.000756. The van der Waals surface area contributed by atoms with Crippen molar-refractivity contribution in [3.8, 4) is 0 Å². The van der Waals surface area contributed by atoms with Crippen LogP contribution in [0.15, 0.2) is 34.9 Å². The lowest BCUT2D eigenvalue weighted by molar-refractivity contribution is -0.139. The molecule has 9 heteroatoms. The summed E-state index contributed by atoms with van der Waals surface area (Å²) in [6.07, 6.45) is -3.74. The number of nitrogens with zero attached hydrogens (tertiary/aromatic N) is 1. The van der Waals surface area contributed by atoms with Crippen LogP contribution in [0.2, 0.25) is 0 Å². The standard InChI is InChI=1S/C14H8F5N3O/c15-9-2-1-6(3-8(9)14(17,18)19)22-13-12(20)7-4-11(16)21-5-10(7)23-13/h1-5,22H,20H2. The fourth-order valence-corrected chi connectivity index (χ4v) is 2.04. The van der Waals surface area contributed by atoms with E-state index in [2.05, 4.69) is 10.3 Å². The zero-order valence-electron chi connectivity index (χ0n) is 11.2. The summed E-state index contributed by atoms with van der Waals surface area (Å²) in [5.74, 6) is -2.27. The van der Waals surface area contributed by atoms with Gasteiger partial charge in [0.25, 0.3) is 0 Å². The average Bonchev–Trinajstić information content (AvgIpc) is 2.76. The number of nitrogens with two attached hydrogens (primary N) is 1. The highest BCUT2D eigenvalue weighted by molar-refractivity contribution is 5.96. The maximum absolute atomic E-state index is 13.2. The second-order valence-corrected chi connectivity index (χ2v) is 4.67. The number of nitrogen functional groups attached to an aromatic ring is 1. The molecule has 23 heavy (non-hydrogen) atoms. The van der Waals surface area contributed by atoms with Gasteiger partial charge in [-0.15, -0.1) is 0 Å². The highest BCUT2D eigenvalue weighted by Gasteiger charge is 2.34. The molecular formula is C14H8F5N3O. The molecule has 1 aromatic carbocycles. The minimum Gasteiger partial charge on any atom is -0.436 e. The number of fused-ring (bicyclic) bond motifs is 1. The van der Waals surface area contributed by atoms with Gasteiger partial charge in [-0.3, -0.25) is 0 Å². The molecular weight excluding hydrogens is 321 g/mol. The van der Waals surface area contributed by atoms with Crippen molar-refractivity contribution >= 4 is 28.2 Å². The van der Waals surface area contributed by atoms with Gasteiger partial charge in [-0.05, 0) is 18.2 Å². The Morgan fingerprint density at radius 1 is 1.13 bits per heavy atom. The monoisotopic (exact) mass is 329 g/mol. The van der Waals surface area contributed by atoms with Crippen LogP contribution < -0.4 is 11.1 Å². The molecule has 0 bridgehead atoms. The van der Waals surface area contributed by atoms with Crippen molar-refractivity contribution in [3.05, 3.63) is 47.8 Å². The number of benzene rings is 1. The number of nitrogens with one attached hydrogen (secondary N) is 1. The third kappa shape index (κ3) is 2.77. The molecule has 0 atom stereocenters. The normalized spacial score (nSPS) is 11.9. The van der Waals surface area contributed by atoms with E-state index in [1.54, 1.807) is 0 Å². The molecule has 3 rings (SSSR count). The molecule has 0 amide bonds. The fraction of sp³-hybridized carbons (Fsp3) is 0.0714. The molecule has 2 heterocycles. The Hall–Kier alpha value is -2.84. The van der Waals surface area contributed by atoms with Crippen molar-refractivity contribution in [1.29, 1.82) is 0 Å². The summed E-state index contributed by atoms with van der Waals surface area (Å²) >= 11 is 0. The van der Waals surface area contributed by atoms with Gasteiger partial charge in [0.05, 0.1) is 17.1 Å². The van der Waals surface area contributed by atoms with Crippen LogP contribution >= 0.6 is 0 Å². The van der Waals surface area contributed by atoms with Crippen molar-refractivity contribution < 1.29 is 26.4 Å². The van der Waals surface area contributed by atoms with E-state index in [1.165, 1.54) is 0 Å². The van der Waals surface area contributed by atoms with Crippen molar-refractivity contribution in [2.75, 3.05) is 11.1 Å². The third-order valence-electron chi connectivity index (χ3n) is 3.11. The molecule has 4 nitrogen and oxygen atoms in total. The molecule has 0 fully saturated rings. The zero-order chi connectivity index (χ0) is 16.8. The van der Waals surface area contributed by atoms with Crippen molar-refractivity contribution in [1.82, 2.24) is 4.98 Å². The van der Waals surface area contributed by atoms with Gasteiger partial charge in [0.2, 0.25) is 11.8 Å². The maximum atomic E-state index is 13.2. The van der Waals surface area contributed by atoms with E-state index in [4.69, 9.17) is 10.2 Å². The molecule has 0 saturated carbocycles. The number of aromatic nitrogens is 1. The van der Waals surface area contributed by atoms with Crippen LogP contribution in [0.4, 0.5) is 39.2 Å². The molecule has 2 aromatic heterocycles. The zero-order valence-corrected chi connectivity index (χ0v) is 11.2. The van der Waals surface area contributed by atoms with Crippen LogP contribution in [-0.4, -0.2) is 4.98 Å². The summed E-state index contributed by atoms with van der Waals surface area (Å²) in [5, 5.41) is 2.73. The summed E-state index contributed by atoms with van der Waals surface area (Å²) in [6, 6.07) is 3.38. The lowest BCUT2D eigenvalue weighted by Crippen LogP contribution is -2.08. The van der Waals surface area contributed by atoms with E-state index in [0.29, 0.717) is 12.1 Å². The Balaban J connectivity index is 2.01. The van der Waals surface area contributed by atoms with Gasteiger partial charge in [-0.1, -0.05) is 0 Å². The Morgan fingerprint density at radius 2 is 1.87 bits per heavy atom. The maximum Gasteiger partial charge on any atom is 0.419 e. The number of alkyl halides is 3. The first kappa shape index (κ1) is 15.1. The Labute approximate surface area is 125 Å². The van der Waals surface area contributed by atoms with E-state index in [0.717, 1.165) is 18.3 Å². The lowest BCUT2D eigenvalue weighted by atomic mass is 10.2. The molecule has 0 aliphatic heterocycles. The Kier molecular flexibility index (Phi) is 3.35. The van der Waals surface area contributed by atoms with Gasteiger partial charge in [-0.25, -0.2) is 9.37 Å². The topological polar surface area (TPSA) is 64.1 Å². The van der Waals surface area contributed by atoms with Crippen molar-refractivity contribution in [3.63, 3.8) is 0 Å². The lowest BCUT2D eigenvalue weighted by Gasteiger charge is -2.10. The van der Waals surface area contributed by atoms with Gasteiger partial charge >= 0.3 is 6.18 Å². The summed E-state index contributed by atoms with van der Waals surface area (Å²) in [4.78, 5) is 3.38. The number of anilines is 3. The minimum atomic E-state index is -4.84. The van der Waals surface area contributed by atoms with Gasteiger partial charge < -0.3 is 15.5 Å².